The van der Waals surface area contributed by atoms with Gasteiger partial charge in [-0.1, -0.05) is 35.9 Å². The molecule has 1 saturated carbocycles. The molecule has 1 aliphatic carbocycles. The fourth-order valence-electron chi connectivity index (χ4n) is 4.29. The van der Waals surface area contributed by atoms with Crippen molar-refractivity contribution in [3.63, 3.8) is 0 Å². The molecule has 3 aromatic carbocycles. The second kappa shape index (κ2) is 6.99. The van der Waals surface area contributed by atoms with Gasteiger partial charge in [0.25, 0.3) is 0 Å². The Morgan fingerprint density at radius 2 is 1.33 bits per heavy atom. The Morgan fingerprint density at radius 1 is 0.704 bits per heavy atom. The van der Waals surface area contributed by atoms with Gasteiger partial charge >= 0.3 is 0 Å². The third-order valence-electron chi connectivity index (χ3n) is 5.78. The zero-order chi connectivity index (χ0) is 19.1. The Hall–Kier alpha value is -2.36. The summed E-state index contributed by atoms with van der Waals surface area (Å²) in [5.74, 6) is -3.85. The molecule has 0 amide bonds. The molecule has 1 aliphatic rings. The maximum Gasteiger partial charge on any atom is 0.194 e. The highest BCUT2D eigenvalue weighted by Gasteiger charge is 2.27. The van der Waals surface area contributed by atoms with Gasteiger partial charge in [0.1, 0.15) is 5.82 Å². The lowest BCUT2D eigenvalue weighted by molar-refractivity contribution is 0.382. The van der Waals surface area contributed by atoms with Crippen molar-refractivity contribution in [3.8, 4) is 0 Å². The molecule has 0 saturated heterocycles. The predicted octanol–water partition coefficient (Wildman–Crippen LogP) is 7.15. The number of benzene rings is 3. The van der Waals surface area contributed by atoms with E-state index in [-0.39, 0.29) is 17.7 Å². The van der Waals surface area contributed by atoms with Gasteiger partial charge < -0.3 is 0 Å². The summed E-state index contributed by atoms with van der Waals surface area (Å²) in [6.45, 7) is 1.98. The van der Waals surface area contributed by atoms with Gasteiger partial charge in [-0.2, -0.15) is 0 Å². The van der Waals surface area contributed by atoms with E-state index >= 15 is 4.39 Å². The minimum absolute atomic E-state index is 0.0305. The van der Waals surface area contributed by atoms with Crippen molar-refractivity contribution in [1.29, 1.82) is 0 Å². The van der Waals surface area contributed by atoms with Crippen LogP contribution in [0.4, 0.5) is 17.6 Å². The van der Waals surface area contributed by atoms with Gasteiger partial charge in [-0.3, -0.25) is 0 Å². The Kier molecular flexibility index (Phi) is 4.67. The lowest BCUT2D eigenvalue weighted by atomic mass is 9.75. The number of fused-ring (bicyclic) bond motifs is 1. The van der Waals surface area contributed by atoms with Gasteiger partial charge in [0.2, 0.25) is 0 Å². The molecule has 0 unspecified atom stereocenters. The monoisotopic (exact) mass is 372 g/mol. The van der Waals surface area contributed by atoms with Gasteiger partial charge in [-0.25, -0.2) is 17.6 Å². The summed E-state index contributed by atoms with van der Waals surface area (Å²) in [6.07, 6.45) is 2.86. The van der Waals surface area contributed by atoms with E-state index in [9.17, 15) is 13.2 Å². The van der Waals surface area contributed by atoms with Crippen LogP contribution in [0, 0.1) is 30.2 Å². The van der Waals surface area contributed by atoms with Crippen molar-refractivity contribution >= 4 is 10.8 Å². The van der Waals surface area contributed by atoms with Gasteiger partial charge in [0.05, 0.1) is 0 Å². The highest BCUT2D eigenvalue weighted by molar-refractivity contribution is 5.84. The Morgan fingerprint density at radius 3 is 2.00 bits per heavy atom. The van der Waals surface area contributed by atoms with Crippen LogP contribution in [0.25, 0.3) is 10.8 Å². The first-order valence-electron chi connectivity index (χ1n) is 9.27. The van der Waals surface area contributed by atoms with E-state index in [0.717, 1.165) is 35.9 Å². The summed E-state index contributed by atoms with van der Waals surface area (Å²) in [6, 6.07) is 11.7. The van der Waals surface area contributed by atoms with Crippen molar-refractivity contribution in [3.05, 3.63) is 82.4 Å². The van der Waals surface area contributed by atoms with Crippen LogP contribution in [0.3, 0.4) is 0 Å². The first-order chi connectivity index (χ1) is 12.9. The fraction of sp³-hybridized carbons (Fsp3) is 0.304. The lowest BCUT2D eigenvalue weighted by Gasteiger charge is -2.29. The summed E-state index contributed by atoms with van der Waals surface area (Å²) in [5.41, 5.74) is 2.29. The molecule has 0 bridgehead atoms. The molecule has 0 spiro atoms. The van der Waals surface area contributed by atoms with E-state index in [1.807, 2.05) is 37.3 Å². The predicted molar refractivity (Wildman–Crippen MR) is 98.9 cm³/mol. The lowest BCUT2D eigenvalue weighted by Crippen LogP contribution is -2.14. The number of halogens is 4. The zero-order valence-corrected chi connectivity index (χ0v) is 15.0. The highest BCUT2D eigenvalue weighted by Crippen LogP contribution is 2.42. The van der Waals surface area contributed by atoms with Crippen molar-refractivity contribution in [2.45, 2.75) is 44.4 Å². The van der Waals surface area contributed by atoms with Crippen LogP contribution < -0.4 is 0 Å². The Balaban J connectivity index is 1.55. The van der Waals surface area contributed by atoms with E-state index in [1.165, 1.54) is 0 Å². The molecule has 1 fully saturated rings. The standard InChI is InChI=1S/C23H20F4/c1-13-2-8-19-16(10-13)7-9-18(22(19)26)15-5-3-14(4-6-15)17-11-20(24)23(27)21(25)12-17/h2,7-12,14-15H,3-6H2,1H3. The number of aryl methyl sites for hydroxylation is 1. The minimum Gasteiger partial charge on any atom is -0.206 e. The van der Waals surface area contributed by atoms with Crippen molar-refractivity contribution in [1.82, 2.24) is 0 Å². The molecule has 140 valence electrons. The molecular weight excluding hydrogens is 352 g/mol. The van der Waals surface area contributed by atoms with Gasteiger partial charge in [0.15, 0.2) is 17.5 Å². The third-order valence-corrected chi connectivity index (χ3v) is 5.78. The maximum absolute atomic E-state index is 15.0. The van der Waals surface area contributed by atoms with E-state index in [0.29, 0.717) is 29.4 Å². The van der Waals surface area contributed by atoms with Crippen molar-refractivity contribution in [2.75, 3.05) is 0 Å². The SMILES string of the molecule is Cc1ccc2c(F)c(C3CCC(c4cc(F)c(F)c(F)c4)CC3)ccc2c1. The van der Waals surface area contributed by atoms with Gasteiger partial charge in [-0.05, 0) is 73.1 Å². The van der Waals surface area contributed by atoms with Gasteiger partial charge in [0, 0.05) is 5.39 Å². The number of hydrogen-bond donors (Lipinski definition) is 0. The first-order valence-corrected chi connectivity index (χ1v) is 9.27. The summed E-state index contributed by atoms with van der Waals surface area (Å²) in [5, 5.41) is 1.52. The summed E-state index contributed by atoms with van der Waals surface area (Å²) in [7, 11) is 0. The van der Waals surface area contributed by atoms with E-state index < -0.39 is 17.5 Å². The molecule has 0 aromatic heterocycles. The second-order valence-corrected chi connectivity index (χ2v) is 7.54. The second-order valence-electron chi connectivity index (χ2n) is 7.54. The van der Waals surface area contributed by atoms with E-state index in [1.54, 1.807) is 0 Å². The van der Waals surface area contributed by atoms with Crippen LogP contribution >= 0.6 is 0 Å². The van der Waals surface area contributed by atoms with Gasteiger partial charge in [-0.15, -0.1) is 0 Å². The maximum atomic E-state index is 15.0. The summed E-state index contributed by atoms with van der Waals surface area (Å²) >= 11 is 0. The summed E-state index contributed by atoms with van der Waals surface area (Å²) < 4.78 is 55.2. The Bertz CT molecular complexity index is 978. The Labute approximate surface area is 155 Å². The molecule has 0 nitrogen and oxygen atoms in total. The van der Waals surface area contributed by atoms with E-state index in [2.05, 4.69) is 0 Å². The number of rotatable bonds is 2. The number of hydrogen-bond acceptors (Lipinski definition) is 0. The van der Waals surface area contributed by atoms with Crippen LogP contribution in [-0.4, -0.2) is 0 Å². The third kappa shape index (κ3) is 3.33. The highest BCUT2D eigenvalue weighted by atomic mass is 19.2. The topological polar surface area (TPSA) is 0 Å². The summed E-state index contributed by atoms with van der Waals surface area (Å²) in [4.78, 5) is 0. The average molecular weight is 372 g/mol. The molecule has 0 radical (unpaired) electrons. The molecule has 0 atom stereocenters. The molecule has 27 heavy (non-hydrogen) atoms. The van der Waals surface area contributed by atoms with Crippen LogP contribution in [0.1, 0.15) is 54.2 Å². The quantitative estimate of drug-likeness (QED) is 0.331. The molecule has 4 heteroatoms. The molecular formula is C23H20F4. The van der Waals surface area contributed by atoms with Crippen molar-refractivity contribution < 1.29 is 17.6 Å². The molecule has 0 heterocycles. The minimum atomic E-state index is -1.43. The molecule has 3 aromatic rings. The smallest absolute Gasteiger partial charge is 0.194 e. The molecule has 0 N–H and O–H groups in total. The van der Waals surface area contributed by atoms with Crippen LogP contribution in [0.5, 0.6) is 0 Å². The van der Waals surface area contributed by atoms with Crippen LogP contribution in [-0.2, 0) is 0 Å². The van der Waals surface area contributed by atoms with Crippen molar-refractivity contribution in [2.24, 2.45) is 0 Å². The zero-order valence-electron chi connectivity index (χ0n) is 15.0. The first kappa shape index (κ1) is 18.0. The van der Waals surface area contributed by atoms with Crippen LogP contribution in [0.2, 0.25) is 0 Å². The largest absolute Gasteiger partial charge is 0.206 e. The normalized spacial score (nSPS) is 20.2. The average Bonchev–Trinajstić information content (AvgIpc) is 2.66. The molecule has 4 rings (SSSR count). The fourth-order valence-corrected chi connectivity index (χ4v) is 4.29. The van der Waals surface area contributed by atoms with Crippen LogP contribution in [0.15, 0.2) is 42.5 Å². The van der Waals surface area contributed by atoms with E-state index in [4.69, 9.17) is 0 Å². The molecule has 0 aliphatic heterocycles.